The minimum absolute atomic E-state index is 0. The lowest BCUT2D eigenvalue weighted by Crippen LogP contribution is -2.08. The van der Waals surface area contributed by atoms with Crippen LogP contribution in [0, 0.1) is 0 Å². The summed E-state index contributed by atoms with van der Waals surface area (Å²) in [7, 11) is -2.45. The van der Waals surface area contributed by atoms with Crippen LogP contribution in [0.15, 0.2) is 0 Å². The van der Waals surface area contributed by atoms with Crippen LogP contribution in [0.1, 0.15) is 7.43 Å². The Bertz CT molecular complexity index is 137. The van der Waals surface area contributed by atoms with E-state index in [0.29, 0.717) is 0 Å². The molecule has 5 heteroatoms. The average Bonchev–Trinajstić information content (AvgIpc) is 1.59. The average molecular weight is 156 g/mol. The van der Waals surface area contributed by atoms with Crippen LogP contribution in [0.2, 0.25) is 0 Å². The van der Waals surface area contributed by atoms with Gasteiger partial charge in [-0.1, -0.05) is 7.43 Å². The highest BCUT2D eigenvalue weighted by molar-refractivity contribution is 7.85. The number of hydrogen-bond acceptors (Lipinski definition) is 3. The second kappa shape index (κ2) is 4.72. The van der Waals surface area contributed by atoms with Gasteiger partial charge in [0, 0.05) is 7.11 Å². The lowest BCUT2D eigenvalue weighted by Gasteiger charge is -1.91. The molecule has 0 spiro atoms. The lowest BCUT2D eigenvalue weighted by atomic mass is 10.9. The molecule has 0 rings (SSSR count). The fourth-order valence-corrected chi connectivity index (χ4v) is 0.566. The summed E-state index contributed by atoms with van der Waals surface area (Å²) in [6.45, 7) is 0.0405. The van der Waals surface area contributed by atoms with E-state index in [2.05, 4.69) is 4.74 Å². The third-order valence-electron chi connectivity index (χ3n) is 0.545. The zero-order chi connectivity index (χ0) is 6.62. The first-order valence-electron chi connectivity index (χ1n) is 2.00. The number of hydrogen-bond donors (Lipinski definition) is 1. The molecule has 0 saturated carbocycles. The van der Waals surface area contributed by atoms with Crippen molar-refractivity contribution < 1.29 is 17.7 Å². The number of methoxy groups -OCH3 is 1. The van der Waals surface area contributed by atoms with E-state index >= 15 is 0 Å². The summed E-state index contributed by atoms with van der Waals surface area (Å²) in [6, 6.07) is 0. The molecule has 4 nitrogen and oxygen atoms in total. The van der Waals surface area contributed by atoms with Crippen LogP contribution in [-0.4, -0.2) is 32.4 Å². The fourth-order valence-electron chi connectivity index (χ4n) is 0.189. The maximum absolute atomic E-state index is 9.87. The van der Waals surface area contributed by atoms with E-state index in [9.17, 15) is 8.42 Å². The summed E-state index contributed by atoms with van der Waals surface area (Å²) >= 11 is 0. The molecule has 1 N–H and O–H groups in total. The Kier molecular flexibility index (Phi) is 6.11. The molecular formula is C4H12O4S. The molecule has 0 bridgehead atoms. The summed E-state index contributed by atoms with van der Waals surface area (Å²) in [4.78, 5) is 0. The SMILES string of the molecule is C.COCCS(=O)(=O)O. The summed E-state index contributed by atoms with van der Waals surface area (Å²) < 4.78 is 32.2. The predicted molar refractivity (Wildman–Crippen MR) is 35.0 cm³/mol. The van der Waals surface area contributed by atoms with Gasteiger partial charge >= 0.3 is 0 Å². The van der Waals surface area contributed by atoms with Crippen LogP contribution in [0.5, 0.6) is 0 Å². The summed E-state index contributed by atoms with van der Waals surface area (Å²) in [5.74, 6) is -0.330. The van der Waals surface area contributed by atoms with Crippen LogP contribution in [-0.2, 0) is 14.9 Å². The van der Waals surface area contributed by atoms with Crippen molar-refractivity contribution in [1.82, 2.24) is 0 Å². The Morgan fingerprint density at radius 3 is 2.11 bits per heavy atom. The van der Waals surface area contributed by atoms with Crippen LogP contribution >= 0.6 is 0 Å². The molecule has 0 saturated heterocycles. The van der Waals surface area contributed by atoms with Crippen molar-refractivity contribution >= 4 is 10.1 Å². The summed E-state index contributed by atoms with van der Waals surface area (Å²) in [6.07, 6.45) is 0. The van der Waals surface area contributed by atoms with E-state index in [1.807, 2.05) is 0 Å². The monoisotopic (exact) mass is 156 g/mol. The summed E-state index contributed by atoms with van der Waals surface area (Å²) in [5.41, 5.74) is 0. The van der Waals surface area contributed by atoms with E-state index < -0.39 is 10.1 Å². The fraction of sp³-hybridized carbons (Fsp3) is 1.00. The first-order chi connectivity index (χ1) is 3.56. The van der Waals surface area contributed by atoms with Gasteiger partial charge in [-0.15, -0.1) is 0 Å². The molecule has 0 unspecified atom stereocenters. The highest BCUT2D eigenvalue weighted by Crippen LogP contribution is 1.79. The maximum atomic E-state index is 9.87. The third-order valence-corrected chi connectivity index (χ3v) is 1.23. The van der Waals surface area contributed by atoms with Crippen molar-refractivity contribution in [3.63, 3.8) is 0 Å². The third kappa shape index (κ3) is 11.4. The molecule has 0 aromatic rings. The zero-order valence-corrected chi connectivity index (χ0v) is 5.31. The molecule has 0 aromatic heterocycles. The van der Waals surface area contributed by atoms with Crippen LogP contribution < -0.4 is 0 Å². The zero-order valence-electron chi connectivity index (χ0n) is 4.49. The van der Waals surface area contributed by atoms with Gasteiger partial charge in [0.05, 0.1) is 12.4 Å². The van der Waals surface area contributed by atoms with E-state index in [4.69, 9.17) is 4.55 Å². The predicted octanol–water partition coefficient (Wildman–Crippen LogP) is 0.157. The summed E-state index contributed by atoms with van der Waals surface area (Å²) in [5, 5.41) is 0. The van der Waals surface area contributed by atoms with Crippen molar-refractivity contribution in [3.8, 4) is 0 Å². The van der Waals surface area contributed by atoms with Gasteiger partial charge in [0.1, 0.15) is 0 Å². The molecule has 0 radical (unpaired) electrons. The smallest absolute Gasteiger partial charge is 0.267 e. The van der Waals surface area contributed by atoms with Crippen molar-refractivity contribution in [3.05, 3.63) is 0 Å². The Balaban J connectivity index is 0. The van der Waals surface area contributed by atoms with Gasteiger partial charge in [-0.3, -0.25) is 4.55 Å². The molecular weight excluding hydrogens is 144 g/mol. The minimum atomic E-state index is -3.81. The highest BCUT2D eigenvalue weighted by atomic mass is 32.2. The largest absolute Gasteiger partial charge is 0.384 e. The number of rotatable bonds is 3. The molecule has 0 fully saturated rings. The first-order valence-corrected chi connectivity index (χ1v) is 3.61. The standard InChI is InChI=1S/C3H8O4S.CH4/c1-7-2-3-8(4,5)6;/h2-3H2,1H3,(H,4,5,6);1H4. The van der Waals surface area contributed by atoms with Crippen molar-refractivity contribution in [1.29, 1.82) is 0 Å². The number of ether oxygens (including phenoxy) is 1. The van der Waals surface area contributed by atoms with Gasteiger partial charge in [-0.05, 0) is 0 Å². The van der Waals surface area contributed by atoms with Gasteiger partial charge in [0.2, 0.25) is 0 Å². The highest BCUT2D eigenvalue weighted by Gasteiger charge is 2.00. The Labute approximate surface area is 55.6 Å². The van der Waals surface area contributed by atoms with E-state index in [1.165, 1.54) is 7.11 Å². The van der Waals surface area contributed by atoms with Gasteiger partial charge < -0.3 is 4.74 Å². The van der Waals surface area contributed by atoms with E-state index in [-0.39, 0.29) is 19.8 Å². The minimum Gasteiger partial charge on any atom is -0.384 e. The topological polar surface area (TPSA) is 63.6 Å². The van der Waals surface area contributed by atoms with E-state index in [1.54, 1.807) is 0 Å². The van der Waals surface area contributed by atoms with Gasteiger partial charge in [-0.25, -0.2) is 0 Å². The molecule has 9 heavy (non-hydrogen) atoms. The Morgan fingerprint density at radius 1 is 1.56 bits per heavy atom. The molecule has 58 valence electrons. The molecule has 0 aliphatic heterocycles. The van der Waals surface area contributed by atoms with Gasteiger partial charge in [-0.2, -0.15) is 8.42 Å². The van der Waals surface area contributed by atoms with E-state index in [0.717, 1.165) is 0 Å². The van der Waals surface area contributed by atoms with Gasteiger partial charge in [0.25, 0.3) is 10.1 Å². The lowest BCUT2D eigenvalue weighted by molar-refractivity contribution is 0.215. The first kappa shape index (κ1) is 11.6. The normalized spacial score (nSPS) is 10.4. The molecule has 0 amide bonds. The second-order valence-electron chi connectivity index (χ2n) is 1.28. The van der Waals surface area contributed by atoms with Crippen LogP contribution in [0.4, 0.5) is 0 Å². The van der Waals surface area contributed by atoms with Crippen LogP contribution in [0.25, 0.3) is 0 Å². The molecule has 0 aliphatic carbocycles. The molecule has 0 aliphatic rings. The Morgan fingerprint density at radius 2 is 2.00 bits per heavy atom. The maximum Gasteiger partial charge on any atom is 0.267 e. The van der Waals surface area contributed by atoms with Crippen LogP contribution in [0.3, 0.4) is 0 Å². The second-order valence-corrected chi connectivity index (χ2v) is 2.85. The molecule has 0 heterocycles. The van der Waals surface area contributed by atoms with Crippen molar-refractivity contribution in [2.75, 3.05) is 19.5 Å². The van der Waals surface area contributed by atoms with Gasteiger partial charge in [0.15, 0.2) is 0 Å². The molecule has 0 aromatic carbocycles. The quantitative estimate of drug-likeness (QED) is 0.591. The van der Waals surface area contributed by atoms with Crippen molar-refractivity contribution in [2.24, 2.45) is 0 Å². The van der Waals surface area contributed by atoms with Crippen molar-refractivity contribution in [2.45, 2.75) is 7.43 Å². The molecule has 0 atom stereocenters. The Hall–Kier alpha value is -0.130.